The zero-order valence-corrected chi connectivity index (χ0v) is 11.1. The van der Waals surface area contributed by atoms with Gasteiger partial charge in [-0.3, -0.25) is 0 Å². The van der Waals surface area contributed by atoms with Crippen molar-refractivity contribution in [3.63, 3.8) is 0 Å². The summed E-state index contributed by atoms with van der Waals surface area (Å²) in [6.45, 7) is 8.04. The highest BCUT2D eigenvalue weighted by Crippen LogP contribution is 2.26. The Labute approximate surface area is 100 Å². The highest BCUT2D eigenvalue weighted by atomic mass is 79.9. The van der Waals surface area contributed by atoms with E-state index in [2.05, 4.69) is 40.3 Å². The smallest absolute Gasteiger partial charge is 0.133 e. The molecule has 0 aliphatic heterocycles. The van der Waals surface area contributed by atoms with Crippen molar-refractivity contribution in [3.05, 3.63) is 28.2 Å². The third-order valence-corrected chi connectivity index (χ3v) is 2.56. The second-order valence-corrected chi connectivity index (χ2v) is 4.57. The molecule has 0 spiro atoms. The van der Waals surface area contributed by atoms with Crippen molar-refractivity contribution in [2.75, 3.05) is 6.54 Å². The average Bonchev–Trinajstić information content (AvgIpc) is 2.18. The Balaban J connectivity index is 2.70. The fourth-order valence-electron chi connectivity index (χ4n) is 1.27. The van der Waals surface area contributed by atoms with Gasteiger partial charge in [0.05, 0.1) is 10.6 Å². The van der Waals surface area contributed by atoms with E-state index in [0.29, 0.717) is 0 Å². The standard InChI is InChI=1S/C12H18BrNO/c1-4-14-8-10-5-6-12(11(13)7-10)15-9(2)3/h5-7,9,14H,4,8H2,1-3H3. The van der Waals surface area contributed by atoms with E-state index in [1.165, 1.54) is 5.56 Å². The molecule has 15 heavy (non-hydrogen) atoms. The predicted octanol–water partition coefficient (Wildman–Crippen LogP) is 3.35. The fraction of sp³-hybridized carbons (Fsp3) is 0.500. The molecule has 1 aromatic carbocycles. The summed E-state index contributed by atoms with van der Waals surface area (Å²) in [5.41, 5.74) is 1.26. The summed E-state index contributed by atoms with van der Waals surface area (Å²) in [6.07, 6.45) is 0.209. The first-order valence-electron chi connectivity index (χ1n) is 5.29. The molecule has 0 heterocycles. The Morgan fingerprint density at radius 2 is 2.13 bits per heavy atom. The Hall–Kier alpha value is -0.540. The Morgan fingerprint density at radius 1 is 1.40 bits per heavy atom. The molecule has 0 amide bonds. The molecule has 0 fully saturated rings. The topological polar surface area (TPSA) is 21.3 Å². The lowest BCUT2D eigenvalue weighted by molar-refractivity contribution is 0.241. The van der Waals surface area contributed by atoms with Crippen LogP contribution >= 0.6 is 15.9 Å². The van der Waals surface area contributed by atoms with Crippen molar-refractivity contribution >= 4 is 15.9 Å². The monoisotopic (exact) mass is 271 g/mol. The minimum atomic E-state index is 0.209. The molecule has 0 unspecified atom stereocenters. The number of ether oxygens (including phenoxy) is 1. The summed E-state index contributed by atoms with van der Waals surface area (Å²) in [6, 6.07) is 6.20. The first-order valence-corrected chi connectivity index (χ1v) is 6.08. The second kappa shape index (κ2) is 6.13. The van der Waals surface area contributed by atoms with Gasteiger partial charge in [0.15, 0.2) is 0 Å². The van der Waals surface area contributed by atoms with Crippen LogP contribution in [0.25, 0.3) is 0 Å². The van der Waals surface area contributed by atoms with E-state index < -0.39 is 0 Å². The Kier molecular flexibility index (Phi) is 5.12. The van der Waals surface area contributed by atoms with Crippen LogP contribution in [0, 0.1) is 0 Å². The lowest BCUT2D eigenvalue weighted by Gasteiger charge is -2.12. The number of hydrogen-bond donors (Lipinski definition) is 1. The molecular weight excluding hydrogens is 254 g/mol. The molecule has 0 saturated heterocycles. The Bertz CT molecular complexity index is 312. The van der Waals surface area contributed by atoms with Crippen LogP contribution in [0.5, 0.6) is 5.75 Å². The van der Waals surface area contributed by atoms with Crippen LogP contribution in [0.3, 0.4) is 0 Å². The quantitative estimate of drug-likeness (QED) is 0.887. The third-order valence-electron chi connectivity index (χ3n) is 1.94. The van der Waals surface area contributed by atoms with Gasteiger partial charge >= 0.3 is 0 Å². The van der Waals surface area contributed by atoms with E-state index in [-0.39, 0.29) is 6.10 Å². The van der Waals surface area contributed by atoms with Crippen molar-refractivity contribution in [2.24, 2.45) is 0 Å². The van der Waals surface area contributed by atoms with Gasteiger partial charge in [-0.05, 0) is 54.0 Å². The van der Waals surface area contributed by atoms with Crippen LogP contribution in [0.15, 0.2) is 22.7 Å². The molecule has 1 N–H and O–H groups in total. The van der Waals surface area contributed by atoms with Gasteiger partial charge in [0, 0.05) is 6.54 Å². The van der Waals surface area contributed by atoms with Gasteiger partial charge in [-0.1, -0.05) is 13.0 Å². The van der Waals surface area contributed by atoms with Crippen LogP contribution in [0.4, 0.5) is 0 Å². The van der Waals surface area contributed by atoms with Crippen LogP contribution in [0.1, 0.15) is 26.3 Å². The summed E-state index contributed by atoms with van der Waals surface area (Å²) >= 11 is 3.51. The van der Waals surface area contributed by atoms with Gasteiger partial charge < -0.3 is 10.1 Å². The van der Waals surface area contributed by atoms with E-state index in [1.54, 1.807) is 0 Å². The van der Waals surface area contributed by atoms with Gasteiger partial charge in [-0.15, -0.1) is 0 Å². The van der Waals surface area contributed by atoms with Crippen molar-refractivity contribution < 1.29 is 4.74 Å². The molecule has 3 heteroatoms. The average molecular weight is 272 g/mol. The molecule has 0 aliphatic rings. The summed E-state index contributed by atoms with van der Waals surface area (Å²) in [5, 5.41) is 3.29. The zero-order valence-electron chi connectivity index (χ0n) is 9.51. The lowest BCUT2D eigenvalue weighted by Crippen LogP contribution is -2.12. The normalized spacial score (nSPS) is 10.7. The maximum Gasteiger partial charge on any atom is 0.133 e. The molecule has 0 aliphatic carbocycles. The largest absolute Gasteiger partial charge is 0.490 e. The lowest BCUT2D eigenvalue weighted by atomic mass is 10.2. The minimum Gasteiger partial charge on any atom is -0.490 e. The van der Waals surface area contributed by atoms with Gasteiger partial charge in [-0.2, -0.15) is 0 Å². The maximum absolute atomic E-state index is 5.64. The third kappa shape index (κ3) is 4.22. The zero-order chi connectivity index (χ0) is 11.3. The van der Waals surface area contributed by atoms with Crippen LogP contribution in [-0.2, 0) is 6.54 Å². The van der Waals surface area contributed by atoms with E-state index in [1.807, 2.05) is 19.9 Å². The molecule has 2 nitrogen and oxygen atoms in total. The number of nitrogens with one attached hydrogen (secondary N) is 1. The second-order valence-electron chi connectivity index (χ2n) is 3.71. The van der Waals surface area contributed by atoms with Crippen LogP contribution in [-0.4, -0.2) is 12.6 Å². The van der Waals surface area contributed by atoms with Gasteiger partial charge in [0.2, 0.25) is 0 Å². The molecule has 0 aromatic heterocycles. The molecule has 1 aromatic rings. The molecule has 0 saturated carbocycles. The molecule has 0 bridgehead atoms. The summed E-state index contributed by atoms with van der Waals surface area (Å²) in [4.78, 5) is 0. The van der Waals surface area contributed by atoms with Crippen molar-refractivity contribution in [1.29, 1.82) is 0 Å². The molecular formula is C12H18BrNO. The van der Waals surface area contributed by atoms with Crippen LogP contribution in [0.2, 0.25) is 0 Å². The fourth-order valence-corrected chi connectivity index (χ4v) is 1.79. The number of halogens is 1. The SMILES string of the molecule is CCNCc1ccc(OC(C)C)c(Br)c1. The van der Waals surface area contributed by atoms with Crippen molar-refractivity contribution in [1.82, 2.24) is 5.32 Å². The first-order chi connectivity index (χ1) is 7.13. The van der Waals surface area contributed by atoms with Crippen molar-refractivity contribution in [3.8, 4) is 5.75 Å². The molecule has 0 radical (unpaired) electrons. The van der Waals surface area contributed by atoms with E-state index >= 15 is 0 Å². The summed E-state index contributed by atoms with van der Waals surface area (Å²) in [7, 11) is 0. The van der Waals surface area contributed by atoms with E-state index in [0.717, 1.165) is 23.3 Å². The van der Waals surface area contributed by atoms with E-state index in [9.17, 15) is 0 Å². The van der Waals surface area contributed by atoms with Crippen LogP contribution < -0.4 is 10.1 Å². The van der Waals surface area contributed by atoms with Gasteiger partial charge in [0.25, 0.3) is 0 Å². The minimum absolute atomic E-state index is 0.209. The van der Waals surface area contributed by atoms with E-state index in [4.69, 9.17) is 4.74 Å². The number of hydrogen-bond acceptors (Lipinski definition) is 2. The van der Waals surface area contributed by atoms with Gasteiger partial charge in [-0.25, -0.2) is 0 Å². The molecule has 84 valence electrons. The molecule has 0 atom stereocenters. The summed E-state index contributed by atoms with van der Waals surface area (Å²) < 4.78 is 6.66. The maximum atomic E-state index is 5.64. The van der Waals surface area contributed by atoms with Gasteiger partial charge in [0.1, 0.15) is 5.75 Å². The molecule has 1 rings (SSSR count). The first kappa shape index (κ1) is 12.5. The highest BCUT2D eigenvalue weighted by Gasteiger charge is 2.04. The predicted molar refractivity (Wildman–Crippen MR) is 67.3 cm³/mol. The number of rotatable bonds is 5. The Morgan fingerprint density at radius 3 is 2.67 bits per heavy atom. The van der Waals surface area contributed by atoms with Crippen molar-refractivity contribution in [2.45, 2.75) is 33.4 Å². The highest BCUT2D eigenvalue weighted by molar-refractivity contribution is 9.10. The number of benzene rings is 1. The summed E-state index contributed by atoms with van der Waals surface area (Å²) in [5.74, 6) is 0.908.